The van der Waals surface area contributed by atoms with Gasteiger partial charge in [0.1, 0.15) is 11.6 Å². The normalized spacial score (nSPS) is 17.3. The van der Waals surface area contributed by atoms with E-state index in [-0.39, 0.29) is 17.8 Å². The largest absolute Gasteiger partial charge is 0.497 e. The molecule has 0 radical (unpaired) electrons. The molecule has 1 aromatic carbocycles. The quantitative estimate of drug-likeness (QED) is 0.863. The zero-order valence-corrected chi connectivity index (χ0v) is 15.2. The lowest BCUT2D eigenvalue weighted by Gasteiger charge is -2.25. The SMILES string of the molecule is COc1ccc(CN2CCC[C@H]2c2ccnc(CNC(C)=O)c2)c(F)c1. The van der Waals surface area contributed by atoms with E-state index in [9.17, 15) is 9.18 Å². The van der Waals surface area contributed by atoms with Crippen molar-refractivity contribution in [2.24, 2.45) is 0 Å². The van der Waals surface area contributed by atoms with Crippen LogP contribution >= 0.6 is 0 Å². The third-order valence-electron chi connectivity index (χ3n) is 4.74. The van der Waals surface area contributed by atoms with Crippen LogP contribution in [0, 0.1) is 5.82 Å². The molecule has 0 unspecified atom stereocenters. The number of rotatable bonds is 6. The molecule has 5 nitrogen and oxygen atoms in total. The number of halogens is 1. The van der Waals surface area contributed by atoms with Gasteiger partial charge in [-0.3, -0.25) is 14.7 Å². The van der Waals surface area contributed by atoms with Crippen molar-refractivity contribution in [2.45, 2.75) is 38.9 Å². The zero-order valence-electron chi connectivity index (χ0n) is 15.2. The van der Waals surface area contributed by atoms with E-state index < -0.39 is 0 Å². The summed E-state index contributed by atoms with van der Waals surface area (Å²) in [6.45, 7) is 3.40. The third kappa shape index (κ3) is 4.38. The summed E-state index contributed by atoms with van der Waals surface area (Å²) in [4.78, 5) is 17.7. The lowest BCUT2D eigenvalue weighted by atomic mass is 10.0. The minimum absolute atomic E-state index is 0.0744. The van der Waals surface area contributed by atoms with Crippen molar-refractivity contribution in [3.63, 3.8) is 0 Å². The van der Waals surface area contributed by atoms with Gasteiger partial charge in [0.05, 0.1) is 19.3 Å². The van der Waals surface area contributed by atoms with Gasteiger partial charge in [-0.1, -0.05) is 6.07 Å². The molecular formula is C20H24FN3O2. The molecule has 1 amide bonds. The second-order valence-electron chi connectivity index (χ2n) is 6.58. The van der Waals surface area contributed by atoms with Crippen LogP contribution in [0.1, 0.15) is 42.6 Å². The number of carbonyl (C=O) groups is 1. The van der Waals surface area contributed by atoms with Crippen molar-refractivity contribution in [1.82, 2.24) is 15.2 Å². The monoisotopic (exact) mass is 357 g/mol. The van der Waals surface area contributed by atoms with Gasteiger partial charge in [0.2, 0.25) is 5.91 Å². The molecule has 1 atom stereocenters. The molecule has 1 saturated heterocycles. The zero-order chi connectivity index (χ0) is 18.5. The van der Waals surface area contributed by atoms with Gasteiger partial charge in [0.25, 0.3) is 0 Å². The molecule has 1 fully saturated rings. The van der Waals surface area contributed by atoms with E-state index >= 15 is 0 Å². The summed E-state index contributed by atoms with van der Waals surface area (Å²) in [5, 5.41) is 2.77. The van der Waals surface area contributed by atoms with Gasteiger partial charge >= 0.3 is 0 Å². The molecule has 1 N–H and O–H groups in total. The highest BCUT2D eigenvalue weighted by Gasteiger charge is 2.27. The number of likely N-dealkylation sites (tertiary alicyclic amines) is 1. The van der Waals surface area contributed by atoms with Gasteiger partial charge in [-0.25, -0.2) is 4.39 Å². The first-order valence-corrected chi connectivity index (χ1v) is 8.82. The fourth-order valence-corrected chi connectivity index (χ4v) is 3.41. The number of hydrogen-bond donors (Lipinski definition) is 1. The summed E-state index contributed by atoms with van der Waals surface area (Å²) in [6, 6.07) is 9.28. The Morgan fingerprint density at radius 1 is 1.38 bits per heavy atom. The molecule has 1 aromatic heterocycles. The molecule has 2 heterocycles. The average molecular weight is 357 g/mol. The Kier molecular flexibility index (Phi) is 5.83. The minimum Gasteiger partial charge on any atom is -0.497 e. The van der Waals surface area contributed by atoms with E-state index in [0.29, 0.717) is 24.4 Å². The molecule has 0 saturated carbocycles. The van der Waals surface area contributed by atoms with E-state index in [1.54, 1.807) is 18.3 Å². The van der Waals surface area contributed by atoms with Crippen LogP contribution in [0.15, 0.2) is 36.5 Å². The van der Waals surface area contributed by atoms with Gasteiger partial charge in [0.15, 0.2) is 0 Å². The Labute approximate surface area is 153 Å². The van der Waals surface area contributed by atoms with Crippen molar-refractivity contribution in [3.8, 4) is 5.75 Å². The molecule has 6 heteroatoms. The molecular weight excluding hydrogens is 333 g/mol. The maximum Gasteiger partial charge on any atom is 0.217 e. The number of nitrogens with one attached hydrogen (secondary N) is 1. The van der Waals surface area contributed by atoms with E-state index in [1.807, 2.05) is 12.1 Å². The molecule has 3 rings (SSSR count). The van der Waals surface area contributed by atoms with Crippen molar-refractivity contribution < 1.29 is 13.9 Å². The van der Waals surface area contributed by atoms with E-state index in [1.165, 1.54) is 20.1 Å². The molecule has 2 aromatic rings. The summed E-state index contributed by atoms with van der Waals surface area (Å²) >= 11 is 0. The highest BCUT2D eigenvalue weighted by atomic mass is 19.1. The van der Waals surface area contributed by atoms with Crippen molar-refractivity contribution in [2.75, 3.05) is 13.7 Å². The molecule has 0 aliphatic carbocycles. The maximum atomic E-state index is 14.3. The van der Waals surface area contributed by atoms with Gasteiger partial charge in [-0.2, -0.15) is 0 Å². The van der Waals surface area contributed by atoms with Crippen LogP contribution in [0.2, 0.25) is 0 Å². The van der Waals surface area contributed by atoms with Crippen LogP contribution in [0.5, 0.6) is 5.75 Å². The van der Waals surface area contributed by atoms with Crippen LogP contribution in [-0.4, -0.2) is 29.4 Å². The summed E-state index contributed by atoms with van der Waals surface area (Å²) in [5.74, 6) is 0.215. The number of ether oxygens (including phenoxy) is 1. The summed E-state index contributed by atoms with van der Waals surface area (Å²) in [6.07, 6.45) is 3.88. The average Bonchev–Trinajstić information content (AvgIpc) is 3.10. The minimum atomic E-state index is -0.240. The second kappa shape index (κ2) is 8.27. The van der Waals surface area contributed by atoms with Crippen molar-refractivity contribution >= 4 is 5.91 Å². The van der Waals surface area contributed by atoms with E-state index in [0.717, 1.165) is 30.6 Å². The van der Waals surface area contributed by atoms with Crippen molar-refractivity contribution in [3.05, 3.63) is 59.2 Å². The van der Waals surface area contributed by atoms with Gasteiger partial charge in [0, 0.05) is 37.3 Å². The topological polar surface area (TPSA) is 54.5 Å². The number of amides is 1. The van der Waals surface area contributed by atoms with Crippen LogP contribution in [0.3, 0.4) is 0 Å². The number of nitrogens with zero attached hydrogens (tertiary/aromatic N) is 2. The molecule has 1 aliphatic heterocycles. The van der Waals surface area contributed by atoms with Crippen LogP contribution < -0.4 is 10.1 Å². The second-order valence-corrected chi connectivity index (χ2v) is 6.58. The lowest BCUT2D eigenvalue weighted by Crippen LogP contribution is -2.24. The Hall–Kier alpha value is -2.47. The smallest absolute Gasteiger partial charge is 0.217 e. The predicted molar refractivity (Wildman–Crippen MR) is 97.1 cm³/mol. The number of carbonyl (C=O) groups excluding carboxylic acids is 1. The number of hydrogen-bond acceptors (Lipinski definition) is 4. The standard InChI is InChI=1S/C20H24FN3O2/c1-14(25)23-12-17-10-15(7-8-22-17)20-4-3-9-24(20)13-16-5-6-18(26-2)11-19(16)21/h5-8,10-11,20H,3-4,9,12-13H2,1-2H3,(H,23,25)/t20-/m0/s1. The molecule has 138 valence electrons. The van der Waals surface area contributed by atoms with Crippen molar-refractivity contribution in [1.29, 1.82) is 0 Å². The first-order valence-electron chi connectivity index (χ1n) is 8.82. The fraction of sp³-hybridized carbons (Fsp3) is 0.400. The Morgan fingerprint density at radius 3 is 2.96 bits per heavy atom. The number of aromatic nitrogens is 1. The maximum absolute atomic E-state index is 14.3. The molecule has 0 bridgehead atoms. The molecule has 26 heavy (non-hydrogen) atoms. The van der Waals surface area contributed by atoms with E-state index in [4.69, 9.17) is 4.74 Å². The van der Waals surface area contributed by atoms with Gasteiger partial charge in [-0.15, -0.1) is 0 Å². The van der Waals surface area contributed by atoms with Gasteiger partial charge in [-0.05, 0) is 43.1 Å². The predicted octanol–water partition coefficient (Wildman–Crippen LogP) is 3.20. The van der Waals surface area contributed by atoms with Crippen LogP contribution in [-0.2, 0) is 17.9 Å². The third-order valence-corrected chi connectivity index (χ3v) is 4.74. The highest BCUT2D eigenvalue weighted by molar-refractivity contribution is 5.72. The number of benzene rings is 1. The first kappa shape index (κ1) is 18.3. The van der Waals surface area contributed by atoms with Crippen LogP contribution in [0.25, 0.3) is 0 Å². The number of pyridine rings is 1. The van der Waals surface area contributed by atoms with Gasteiger partial charge < -0.3 is 10.1 Å². The Morgan fingerprint density at radius 2 is 2.23 bits per heavy atom. The highest BCUT2D eigenvalue weighted by Crippen LogP contribution is 2.33. The fourth-order valence-electron chi connectivity index (χ4n) is 3.41. The first-order chi connectivity index (χ1) is 12.6. The van der Waals surface area contributed by atoms with Crippen LogP contribution in [0.4, 0.5) is 4.39 Å². The molecule has 0 spiro atoms. The summed E-state index contributed by atoms with van der Waals surface area (Å²) in [7, 11) is 1.53. The summed E-state index contributed by atoms with van der Waals surface area (Å²) in [5.41, 5.74) is 2.66. The molecule has 1 aliphatic rings. The number of methoxy groups -OCH3 is 1. The van der Waals surface area contributed by atoms with E-state index in [2.05, 4.69) is 15.2 Å². The Balaban J connectivity index is 1.74. The lowest BCUT2D eigenvalue weighted by molar-refractivity contribution is -0.119. The summed E-state index contributed by atoms with van der Waals surface area (Å²) < 4.78 is 19.4. The Bertz CT molecular complexity index is 781.